The van der Waals surface area contributed by atoms with Crippen molar-refractivity contribution in [2.24, 2.45) is 0 Å². The fourth-order valence-corrected chi connectivity index (χ4v) is 2.06. The van der Waals surface area contributed by atoms with Crippen molar-refractivity contribution in [2.75, 3.05) is 26.7 Å². The van der Waals surface area contributed by atoms with Crippen molar-refractivity contribution in [3.05, 3.63) is 34.9 Å². The van der Waals surface area contributed by atoms with E-state index in [0.29, 0.717) is 24.4 Å². The first-order valence-corrected chi connectivity index (χ1v) is 6.81. The summed E-state index contributed by atoms with van der Waals surface area (Å²) in [5.74, 6) is 0.0279. The highest BCUT2D eigenvalue weighted by Gasteiger charge is 2.08. The molecule has 0 atom stereocenters. The standard InChI is InChI=1S/C14H21ClN2O2/c1-16-14(19)6-8-17(7-3-9-18)11-12-4-2-5-13(15)10-12/h2,4-5,10,18H,3,6-9,11H2,1H3,(H,16,19). The molecule has 19 heavy (non-hydrogen) atoms. The second-order valence-electron chi connectivity index (χ2n) is 4.41. The predicted octanol–water partition coefficient (Wildman–Crippen LogP) is 1.66. The van der Waals surface area contributed by atoms with E-state index in [0.717, 1.165) is 18.7 Å². The number of carbonyl (C=O) groups is 1. The fraction of sp³-hybridized carbons (Fsp3) is 0.500. The highest BCUT2D eigenvalue weighted by Crippen LogP contribution is 2.13. The number of hydrogen-bond donors (Lipinski definition) is 2. The molecule has 0 spiro atoms. The van der Waals surface area contributed by atoms with Gasteiger partial charge < -0.3 is 10.4 Å². The summed E-state index contributed by atoms with van der Waals surface area (Å²) in [7, 11) is 1.64. The fourth-order valence-electron chi connectivity index (χ4n) is 1.84. The van der Waals surface area contributed by atoms with Gasteiger partial charge in [0, 0.05) is 44.7 Å². The van der Waals surface area contributed by atoms with Gasteiger partial charge in [-0.3, -0.25) is 9.69 Å². The smallest absolute Gasteiger partial charge is 0.221 e. The number of amides is 1. The second kappa shape index (κ2) is 8.91. The van der Waals surface area contributed by atoms with Crippen LogP contribution in [0.4, 0.5) is 0 Å². The Hall–Kier alpha value is -1.10. The Bertz CT molecular complexity index is 399. The van der Waals surface area contributed by atoms with Crippen LogP contribution in [-0.4, -0.2) is 42.7 Å². The first kappa shape index (κ1) is 16.0. The number of rotatable bonds is 8. The molecule has 0 aliphatic rings. The van der Waals surface area contributed by atoms with Gasteiger partial charge in [-0.25, -0.2) is 0 Å². The van der Waals surface area contributed by atoms with E-state index >= 15 is 0 Å². The van der Waals surface area contributed by atoms with E-state index in [-0.39, 0.29) is 12.5 Å². The van der Waals surface area contributed by atoms with E-state index in [9.17, 15) is 4.79 Å². The summed E-state index contributed by atoms with van der Waals surface area (Å²) in [5, 5.41) is 12.2. The van der Waals surface area contributed by atoms with Gasteiger partial charge >= 0.3 is 0 Å². The first-order chi connectivity index (χ1) is 9.15. The van der Waals surface area contributed by atoms with Crippen LogP contribution in [0.25, 0.3) is 0 Å². The number of nitrogens with zero attached hydrogens (tertiary/aromatic N) is 1. The summed E-state index contributed by atoms with van der Waals surface area (Å²) in [5.41, 5.74) is 1.11. The van der Waals surface area contributed by atoms with Crippen molar-refractivity contribution in [1.29, 1.82) is 0 Å². The number of carbonyl (C=O) groups excluding carboxylic acids is 1. The summed E-state index contributed by atoms with van der Waals surface area (Å²) >= 11 is 5.96. The molecule has 0 saturated heterocycles. The Morgan fingerprint density at radius 1 is 1.42 bits per heavy atom. The molecule has 1 aromatic rings. The van der Waals surface area contributed by atoms with Gasteiger partial charge in [-0.1, -0.05) is 23.7 Å². The van der Waals surface area contributed by atoms with Crippen molar-refractivity contribution in [2.45, 2.75) is 19.4 Å². The van der Waals surface area contributed by atoms with Gasteiger partial charge in [0.05, 0.1) is 0 Å². The first-order valence-electron chi connectivity index (χ1n) is 6.44. The Labute approximate surface area is 119 Å². The van der Waals surface area contributed by atoms with Crippen LogP contribution in [0.3, 0.4) is 0 Å². The van der Waals surface area contributed by atoms with Gasteiger partial charge in [0.15, 0.2) is 0 Å². The molecule has 0 fully saturated rings. The zero-order chi connectivity index (χ0) is 14.1. The molecule has 0 bridgehead atoms. The number of nitrogens with one attached hydrogen (secondary N) is 1. The molecule has 0 aliphatic heterocycles. The molecule has 1 aromatic carbocycles. The van der Waals surface area contributed by atoms with Crippen LogP contribution in [0.15, 0.2) is 24.3 Å². The third-order valence-electron chi connectivity index (χ3n) is 2.86. The Kier molecular flexibility index (Phi) is 7.48. The number of aliphatic hydroxyl groups is 1. The summed E-state index contributed by atoms with van der Waals surface area (Å²) in [6.07, 6.45) is 1.16. The zero-order valence-electron chi connectivity index (χ0n) is 11.2. The zero-order valence-corrected chi connectivity index (χ0v) is 12.0. The monoisotopic (exact) mass is 284 g/mol. The number of benzene rings is 1. The lowest BCUT2D eigenvalue weighted by atomic mass is 10.2. The van der Waals surface area contributed by atoms with E-state index in [1.54, 1.807) is 7.05 Å². The molecule has 1 amide bonds. The van der Waals surface area contributed by atoms with Crippen LogP contribution in [0, 0.1) is 0 Å². The maximum absolute atomic E-state index is 11.3. The molecule has 0 aromatic heterocycles. The lowest BCUT2D eigenvalue weighted by Crippen LogP contribution is -2.30. The molecule has 0 saturated carbocycles. The maximum atomic E-state index is 11.3. The molecule has 4 nitrogen and oxygen atoms in total. The van der Waals surface area contributed by atoms with E-state index in [4.69, 9.17) is 16.7 Å². The molecule has 0 unspecified atom stereocenters. The van der Waals surface area contributed by atoms with Gasteiger partial charge in [0.2, 0.25) is 5.91 Å². The number of halogens is 1. The molecule has 0 radical (unpaired) electrons. The van der Waals surface area contributed by atoms with Crippen LogP contribution in [0.1, 0.15) is 18.4 Å². The third-order valence-corrected chi connectivity index (χ3v) is 3.10. The highest BCUT2D eigenvalue weighted by molar-refractivity contribution is 6.30. The minimum Gasteiger partial charge on any atom is -0.396 e. The van der Waals surface area contributed by atoms with Crippen molar-refractivity contribution in [3.8, 4) is 0 Å². The molecular weight excluding hydrogens is 264 g/mol. The van der Waals surface area contributed by atoms with E-state index < -0.39 is 0 Å². The van der Waals surface area contributed by atoms with Crippen molar-refractivity contribution in [1.82, 2.24) is 10.2 Å². The van der Waals surface area contributed by atoms with E-state index in [2.05, 4.69) is 10.2 Å². The second-order valence-corrected chi connectivity index (χ2v) is 4.84. The molecule has 2 N–H and O–H groups in total. The molecule has 0 aliphatic carbocycles. The normalized spacial score (nSPS) is 10.7. The lowest BCUT2D eigenvalue weighted by Gasteiger charge is -2.21. The molecule has 5 heteroatoms. The van der Waals surface area contributed by atoms with Crippen LogP contribution >= 0.6 is 11.6 Å². The van der Waals surface area contributed by atoms with Crippen molar-refractivity contribution in [3.63, 3.8) is 0 Å². The van der Waals surface area contributed by atoms with Crippen LogP contribution < -0.4 is 5.32 Å². The Balaban J connectivity index is 2.55. The molecule has 106 valence electrons. The molecule has 1 rings (SSSR count). The van der Waals surface area contributed by atoms with E-state index in [1.807, 2.05) is 24.3 Å². The van der Waals surface area contributed by atoms with Gasteiger partial charge in [-0.05, 0) is 24.1 Å². The molecular formula is C14H21ClN2O2. The van der Waals surface area contributed by atoms with Crippen molar-refractivity contribution < 1.29 is 9.90 Å². The Morgan fingerprint density at radius 2 is 2.21 bits per heavy atom. The number of aliphatic hydroxyl groups excluding tert-OH is 1. The van der Waals surface area contributed by atoms with Gasteiger partial charge in [0.1, 0.15) is 0 Å². The van der Waals surface area contributed by atoms with Crippen LogP contribution in [-0.2, 0) is 11.3 Å². The SMILES string of the molecule is CNC(=O)CCN(CCCO)Cc1cccc(Cl)c1. The summed E-state index contributed by atoms with van der Waals surface area (Å²) in [6, 6.07) is 7.69. The highest BCUT2D eigenvalue weighted by atomic mass is 35.5. The average Bonchev–Trinajstić information content (AvgIpc) is 2.41. The van der Waals surface area contributed by atoms with Gasteiger partial charge in [-0.15, -0.1) is 0 Å². The third kappa shape index (κ3) is 6.57. The predicted molar refractivity (Wildman–Crippen MR) is 77.1 cm³/mol. The summed E-state index contributed by atoms with van der Waals surface area (Å²) in [6.45, 7) is 2.33. The van der Waals surface area contributed by atoms with Crippen LogP contribution in [0.2, 0.25) is 5.02 Å². The van der Waals surface area contributed by atoms with Gasteiger partial charge in [0.25, 0.3) is 0 Å². The lowest BCUT2D eigenvalue weighted by molar-refractivity contribution is -0.120. The minimum atomic E-state index is 0.0279. The molecule has 0 heterocycles. The van der Waals surface area contributed by atoms with Gasteiger partial charge in [-0.2, -0.15) is 0 Å². The van der Waals surface area contributed by atoms with Crippen LogP contribution in [0.5, 0.6) is 0 Å². The summed E-state index contributed by atoms with van der Waals surface area (Å²) in [4.78, 5) is 13.4. The summed E-state index contributed by atoms with van der Waals surface area (Å²) < 4.78 is 0. The largest absolute Gasteiger partial charge is 0.396 e. The van der Waals surface area contributed by atoms with E-state index in [1.165, 1.54) is 0 Å². The maximum Gasteiger partial charge on any atom is 0.221 e. The minimum absolute atomic E-state index is 0.0279. The Morgan fingerprint density at radius 3 is 2.84 bits per heavy atom. The van der Waals surface area contributed by atoms with Crippen molar-refractivity contribution >= 4 is 17.5 Å². The topological polar surface area (TPSA) is 52.6 Å². The average molecular weight is 285 g/mol. The quantitative estimate of drug-likeness (QED) is 0.763. The number of hydrogen-bond acceptors (Lipinski definition) is 3.